The third-order valence-electron chi connectivity index (χ3n) is 3.23. The highest BCUT2D eigenvalue weighted by Gasteiger charge is 2.24. The van der Waals surface area contributed by atoms with Crippen LogP contribution in [0.15, 0.2) is 35.4 Å². The zero-order valence-corrected chi connectivity index (χ0v) is 8.81. The molecule has 16 heavy (non-hydrogen) atoms. The Balaban J connectivity index is 2.10. The smallest absolute Gasteiger partial charge is 0.326 e. The number of aromatic nitrogens is 2. The topological polar surface area (TPSA) is 63.8 Å². The number of aromatic amines is 1. The molecule has 0 radical (unpaired) electrons. The average Bonchev–Trinajstić information content (AvgIpc) is 2.83. The second-order valence-electron chi connectivity index (χ2n) is 4.19. The van der Waals surface area contributed by atoms with Gasteiger partial charge in [0.05, 0.1) is 6.04 Å². The van der Waals surface area contributed by atoms with E-state index in [4.69, 9.17) is 5.73 Å². The van der Waals surface area contributed by atoms with E-state index in [1.54, 1.807) is 17.0 Å². The molecule has 0 saturated carbocycles. The monoisotopic (exact) mass is 215 g/mol. The van der Waals surface area contributed by atoms with Crippen LogP contribution in [0.2, 0.25) is 0 Å². The maximum absolute atomic E-state index is 11.6. The molecule has 1 aromatic carbocycles. The summed E-state index contributed by atoms with van der Waals surface area (Å²) in [7, 11) is 0. The molecule has 3 rings (SSSR count). The van der Waals surface area contributed by atoms with Crippen LogP contribution in [-0.2, 0) is 6.42 Å². The number of nitrogens with one attached hydrogen (secondary N) is 1. The van der Waals surface area contributed by atoms with Crippen LogP contribution >= 0.6 is 0 Å². The molecule has 1 atom stereocenters. The minimum Gasteiger partial charge on any atom is -0.399 e. The van der Waals surface area contributed by atoms with Crippen molar-refractivity contribution in [3.05, 3.63) is 52.2 Å². The lowest BCUT2D eigenvalue weighted by molar-refractivity contribution is 0.563. The summed E-state index contributed by atoms with van der Waals surface area (Å²) in [4.78, 5) is 14.2. The van der Waals surface area contributed by atoms with Gasteiger partial charge in [-0.3, -0.25) is 4.57 Å². The maximum Gasteiger partial charge on any atom is 0.326 e. The summed E-state index contributed by atoms with van der Waals surface area (Å²) in [6.07, 6.45) is 5.44. The number of nitrogen functional groups attached to an aromatic ring is 1. The van der Waals surface area contributed by atoms with Crippen molar-refractivity contribution >= 4 is 5.69 Å². The molecular formula is C12H13N3O. The van der Waals surface area contributed by atoms with Gasteiger partial charge in [0.25, 0.3) is 0 Å². The van der Waals surface area contributed by atoms with E-state index in [2.05, 4.69) is 4.98 Å². The van der Waals surface area contributed by atoms with E-state index in [1.165, 1.54) is 11.1 Å². The van der Waals surface area contributed by atoms with E-state index in [0.29, 0.717) is 0 Å². The summed E-state index contributed by atoms with van der Waals surface area (Å²) < 4.78 is 1.75. The number of rotatable bonds is 1. The summed E-state index contributed by atoms with van der Waals surface area (Å²) in [5.74, 6) is 0. The number of nitrogens with zero attached hydrogens (tertiary/aromatic N) is 1. The second-order valence-corrected chi connectivity index (χ2v) is 4.19. The van der Waals surface area contributed by atoms with Gasteiger partial charge in [-0.15, -0.1) is 0 Å². The van der Waals surface area contributed by atoms with Crippen molar-refractivity contribution in [1.82, 2.24) is 9.55 Å². The van der Waals surface area contributed by atoms with E-state index in [9.17, 15) is 4.79 Å². The van der Waals surface area contributed by atoms with Crippen molar-refractivity contribution in [2.75, 3.05) is 5.73 Å². The van der Waals surface area contributed by atoms with Crippen LogP contribution in [0.4, 0.5) is 5.69 Å². The van der Waals surface area contributed by atoms with E-state index < -0.39 is 0 Å². The van der Waals surface area contributed by atoms with Gasteiger partial charge >= 0.3 is 5.69 Å². The largest absolute Gasteiger partial charge is 0.399 e. The molecule has 4 heteroatoms. The fourth-order valence-electron chi connectivity index (χ4n) is 2.48. The molecule has 0 aliphatic heterocycles. The molecule has 1 aromatic heterocycles. The number of benzene rings is 1. The summed E-state index contributed by atoms with van der Waals surface area (Å²) in [6, 6.07) is 6.10. The lowest BCUT2D eigenvalue weighted by Gasteiger charge is -2.12. The Labute approximate surface area is 92.7 Å². The van der Waals surface area contributed by atoms with E-state index in [0.717, 1.165) is 18.5 Å². The molecule has 0 bridgehead atoms. The Morgan fingerprint density at radius 1 is 1.44 bits per heavy atom. The van der Waals surface area contributed by atoms with Gasteiger partial charge in [-0.1, -0.05) is 6.07 Å². The van der Waals surface area contributed by atoms with Crippen molar-refractivity contribution in [2.24, 2.45) is 0 Å². The third kappa shape index (κ3) is 1.26. The highest BCUT2D eigenvalue weighted by atomic mass is 16.1. The molecule has 4 nitrogen and oxygen atoms in total. The Bertz CT molecular complexity index is 582. The molecule has 0 spiro atoms. The predicted octanol–water partition coefficient (Wildman–Crippen LogP) is 1.29. The second kappa shape index (κ2) is 3.27. The van der Waals surface area contributed by atoms with Crippen LogP contribution in [-0.4, -0.2) is 9.55 Å². The quantitative estimate of drug-likeness (QED) is 0.704. The maximum atomic E-state index is 11.6. The zero-order valence-electron chi connectivity index (χ0n) is 8.81. The molecule has 3 N–H and O–H groups in total. The van der Waals surface area contributed by atoms with Gasteiger partial charge in [-0.25, -0.2) is 4.79 Å². The third-order valence-corrected chi connectivity index (χ3v) is 3.23. The van der Waals surface area contributed by atoms with Crippen molar-refractivity contribution < 1.29 is 0 Å². The Kier molecular flexibility index (Phi) is 1.89. The number of hydrogen-bond acceptors (Lipinski definition) is 2. The normalized spacial score (nSPS) is 18.6. The average molecular weight is 215 g/mol. The van der Waals surface area contributed by atoms with Crippen molar-refractivity contribution in [1.29, 1.82) is 0 Å². The Morgan fingerprint density at radius 2 is 2.31 bits per heavy atom. The molecule has 1 heterocycles. The number of fused-ring (bicyclic) bond motifs is 1. The van der Waals surface area contributed by atoms with Crippen molar-refractivity contribution in [3.63, 3.8) is 0 Å². The van der Waals surface area contributed by atoms with Crippen molar-refractivity contribution in [3.8, 4) is 0 Å². The molecule has 0 saturated heterocycles. The first-order valence-electron chi connectivity index (χ1n) is 5.39. The molecule has 1 aliphatic rings. The molecule has 1 aliphatic carbocycles. The predicted molar refractivity (Wildman–Crippen MR) is 62.4 cm³/mol. The number of nitrogens with two attached hydrogens (primary N) is 1. The Morgan fingerprint density at radius 3 is 3.06 bits per heavy atom. The van der Waals surface area contributed by atoms with Gasteiger partial charge in [0, 0.05) is 18.1 Å². The lowest BCUT2D eigenvalue weighted by Crippen LogP contribution is -2.20. The summed E-state index contributed by atoms with van der Waals surface area (Å²) in [5, 5.41) is 0. The summed E-state index contributed by atoms with van der Waals surface area (Å²) >= 11 is 0. The van der Waals surface area contributed by atoms with Gasteiger partial charge in [-0.2, -0.15) is 0 Å². The van der Waals surface area contributed by atoms with Crippen LogP contribution < -0.4 is 11.4 Å². The van der Waals surface area contributed by atoms with E-state index in [1.807, 2.05) is 18.2 Å². The first kappa shape index (κ1) is 9.27. The number of hydrogen-bond donors (Lipinski definition) is 2. The SMILES string of the molecule is Nc1ccc2c(c1)CCC2n1cc[nH]c1=O. The molecule has 82 valence electrons. The number of aryl methyl sites for hydroxylation is 1. The minimum atomic E-state index is -0.0466. The van der Waals surface area contributed by atoms with Crippen LogP contribution in [0.1, 0.15) is 23.6 Å². The molecule has 2 aromatic rings. The van der Waals surface area contributed by atoms with Gasteiger partial charge in [-0.05, 0) is 36.1 Å². The number of imidazole rings is 1. The van der Waals surface area contributed by atoms with E-state index in [-0.39, 0.29) is 11.7 Å². The number of anilines is 1. The molecule has 0 fully saturated rings. The fourth-order valence-corrected chi connectivity index (χ4v) is 2.48. The van der Waals surface area contributed by atoms with E-state index >= 15 is 0 Å². The molecule has 0 amide bonds. The highest BCUT2D eigenvalue weighted by Crippen LogP contribution is 2.34. The lowest BCUT2D eigenvalue weighted by atomic mass is 10.1. The first-order chi connectivity index (χ1) is 7.75. The Hall–Kier alpha value is -1.97. The summed E-state index contributed by atoms with van der Waals surface area (Å²) in [6.45, 7) is 0. The van der Waals surface area contributed by atoms with Crippen LogP contribution in [0.5, 0.6) is 0 Å². The zero-order chi connectivity index (χ0) is 11.1. The minimum absolute atomic E-state index is 0.0466. The van der Waals surface area contributed by atoms with Crippen molar-refractivity contribution in [2.45, 2.75) is 18.9 Å². The van der Waals surface area contributed by atoms with Crippen LogP contribution in [0.3, 0.4) is 0 Å². The van der Waals surface area contributed by atoms with Gasteiger partial charge in [0.1, 0.15) is 0 Å². The molecule has 1 unspecified atom stereocenters. The van der Waals surface area contributed by atoms with Gasteiger partial charge in [0.2, 0.25) is 0 Å². The fraction of sp³-hybridized carbons (Fsp3) is 0.250. The highest BCUT2D eigenvalue weighted by molar-refractivity contribution is 5.47. The first-order valence-corrected chi connectivity index (χ1v) is 5.39. The van der Waals surface area contributed by atoms with Crippen LogP contribution in [0, 0.1) is 0 Å². The molecular weight excluding hydrogens is 202 g/mol. The van der Waals surface area contributed by atoms with Gasteiger partial charge in [0.15, 0.2) is 0 Å². The van der Waals surface area contributed by atoms with Gasteiger partial charge < -0.3 is 10.7 Å². The van der Waals surface area contributed by atoms with Crippen LogP contribution in [0.25, 0.3) is 0 Å². The number of H-pyrrole nitrogens is 1. The summed E-state index contributed by atoms with van der Waals surface area (Å²) in [5.41, 5.74) is 8.98. The standard InChI is InChI=1S/C12H13N3O/c13-9-2-3-10-8(7-9)1-4-11(10)15-6-5-14-12(15)16/h2-3,5-7,11H,1,4,13H2,(H,14,16).